The predicted octanol–water partition coefficient (Wildman–Crippen LogP) is 3.29. The van der Waals surface area contributed by atoms with Gasteiger partial charge in [0.15, 0.2) is 0 Å². The lowest BCUT2D eigenvalue weighted by Gasteiger charge is -2.42. The number of aryl methyl sites for hydroxylation is 2. The molecule has 1 aromatic heterocycles. The number of nitrogens with zero attached hydrogens (tertiary/aromatic N) is 1. The fraction of sp³-hybridized carbons (Fsp3) is 0.600. The fourth-order valence-electron chi connectivity index (χ4n) is 4.87. The summed E-state index contributed by atoms with van der Waals surface area (Å²) in [5.41, 5.74) is 5.13. The number of para-hydroxylation sites is 1. The zero-order valence-corrected chi connectivity index (χ0v) is 14.9. The molecule has 1 aliphatic heterocycles. The number of hydrogen-bond donors (Lipinski definition) is 2. The second kappa shape index (κ2) is 5.87. The number of nitrogens with one attached hydrogen (secondary N) is 1. The molecule has 0 spiro atoms. The van der Waals surface area contributed by atoms with Gasteiger partial charge in [0.1, 0.15) is 0 Å². The Hall–Kier alpha value is -1.36. The molecule has 0 amide bonds. The van der Waals surface area contributed by atoms with Gasteiger partial charge in [0.2, 0.25) is 0 Å². The minimum atomic E-state index is -0.190. The number of aromatic nitrogens is 1. The molecule has 2 fully saturated rings. The normalized spacial score (nSPS) is 30.8. The van der Waals surface area contributed by atoms with Crippen molar-refractivity contribution in [3.63, 3.8) is 0 Å². The van der Waals surface area contributed by atoms with E-state index in [2.05, 4.69) is 41.9 Å². The molecule has 2 N–H and O–H groups in total. The summed E-state index contributed by atoms with van der Waals surface area (Å²) in [4.78, 5) is 6.16. The van der Waals surface area contributed by atoms with Crippen LogP contribution in [0.4, 0.5) is 0 Å². The van der Waals surface area contributed by atoms with Gasteiger partial charge in [-0.2, -0.15) is 0 Å². The van der Waals surface area contributed by atoms with Crippen LogP contribution in [0.3, 0.4) is 0 Å². The summed E-state index contributed by atoms with van der Waals surface area (Å²) in [6.45, 7) is 6.32. The Kier molecular flexibility index (Phi) is 3.94. The van der Waals surface area contributed by atoms with Gasteiger partial charge in [-0.15, -0.1) is 0 Å². The van der Waals surface area contributed by atoms with Crippen molar-refractivity contribution < 1.29 is 9.84 Å². The molecule has 1 aliphatic carbocycles. The number of methoxy groups -OCH3 is 1. The van der Waals surface area contributed by atoms with Gasteiger partial charge in [-0.3, -0.25) is 4.90 Å². The summed E-state index contributed by atoms with van der Waals surface area (Å²) in [6.07, 6.45) is 3.54. The number of fused-ring (bicyclic) bond motifs is 2. The Morgan fingerprint density at radius 1 is 1.33 bits per heavy atom. The lowest BCUT2D eigenvalue weighted by Crippen LogP contribution is -2.51. The number of aliphatic hydroxyl groups excluding tert-OH is 1. The minimum Gasteiger partial charge on any atom is -0.393 e. The van der Waals surface area contributed by atoms with Gasteiger partial charge in [-0.05, 0) is 50.7 Å². The van der Waals surface area contributed by atoms with E-state index in [0.717, 1.165) is 38.8 Å². The summed E-state index contributed by atoms with van der Waals surface area (Å²) in [7, 11) is 1.84. The highest BCUT2D eigenvalue weighted by atomic mass is 16.5. The van der Waals surface area contributed by atoms with E-state index in [1.54, 1.807) is 0 Å². The van der Waals surface area contributed by atoms with Gasteiger partial charge in [0.05, 0.1) is 11.7 Å². The van der Waals surface area contributed by atoms with Crippen LogP contribution in [0, 0.1) is 13.8 Å². The minimum absolute atomic E-state index is 0.0604. The summed E-state index contributed by atoms with van der Waals surface area (Å²) >= 11 is 0. The van der Waals surface area contributed by atoms with Crippen LogP contribution in [-0.2, 0) is 11.3 Å². The Balaban J connectivity index is 1.64. The summed E-state index contributed by atoms with van der Waals surface area (Å²) < 4.78 is 5.96. The van der Waals surface area contributed by atoms with Crippen molar-refractivity contribution in [2.45, 2.75) is 63.8 Å². The van der Waals surface area contributed by atoms with Crippen LogP contribution in [0.1, 0.15) is 42.5 Å². The quantitative estimate of drug-likeness (QED) is 0.909. The molecule has 1 aromatic carbocycles. The number of aromatic amines is 1. The molecule has 2 aromatic rings. The average molecular weight is 328 g/mol. The molecule has 4 rings (SSSR count). The first-order valence-corrected chi connectivity index (χ1v) is 9.08. The van der Waals surface area contributed by atoms with Crippen molar-refractivity contribution in [2.24, 2.45) is 0 Å². The molecular formula is C20H28N2O2. The molecule has 2 aliphatic rings. The maximum atomic E-state index is 10.2. The summed E-state index contributed by atoms with van der Waals surface area (Å²) in [5, 5.41) is 11.5. The Morgan fingerprint density at radius 3 is 2.92 bits per heavy atom. The van der Waals surface area contributed by atoms with Crippen molar-refractivity contribution in [3.8, 4) is 0 Å². The van der Waals surface area contributed by atoms with E-state index in [1.807, 2.05) is 7.11 Å². The van der Waals surface area contributed by atoms with Crippen molar-refractivity contribution in [1.29, 1.82) is 0 Å². The zero-order valence-electron chi connectivity index (χ0n) is 14.9. The van der Waals surface area contributed by atoms with E-state index in [9.17, 15) is 5.11 Å². The van der Waals surface area contributed by atoms with Crippen molar-refractivity contribution in [3.05, 3.63) is 35.0 Å². The van der Waals surface area contributed by atoms with Gasteiger partial charge in [-0.1, -0.05) is 18.2 Å². The first-order chi connectivity index (χ1) is 11.5. The molecule has 2 heterocycles. The third-order valence-corrected chi connectivity index (χ3v) is 6.44. The predicted molar refractivity (Wildman–Crippen MR) is 96.2 cm³/mol. The molecule has 4 heteroatoms. The molecule has 1 saturated heterocycles. The largest absolute Gasteiger partial charge is 0.393 e. The molecule has 24 heavy (non-hydrogen) atoms. The topological polar surface area (TPSA) is 48.5 Å². The standard InChI is InChI=1S/C20H28N2O2/c1-13-5-4-6-16-14(2)17(21-19(13)16)12-22-10-9-20(24-3)8-7-15(23)11-18(20)22/h4-6,15,18,21,23H,7-12H2,1-3H3/t15-,18+,20-/m1/s1. The van der Waals surface area contributed by atoms with Crippen LogP contribution in [0.5, 0.6) is 0 Å². The third-order valence-electron chi connectivity index (χ3n) is 6.44. The van der Waals surface area contributed by atoms with E-state index >= 15 is 0 Å². The fourth-order valence-corrected chi connectivity index (χ4v) is 4.87. The van der Waals surface area contributed by atoms with Crippen LogP contribution in [-0.4, -0.2) is 46.4 Å². The Bertz CT molecular complexity index is 753. The maximum absolute atomic E-state index is 10.2. The van der Waals surface area contributed by atoms with Crippen molar-refractivity contribution >= 4 is 10.9 Å². The number of aliphatic hydroxyl groups is 1. The second-order valence-corrected chi connectivity index (χ2v) is 7.66. The zero-order chi connectivity index (χ0) is 16.9. The third kappa shape index (κ3) is 2.40. The van der Waals surface area contributed by atoms with Crippen LogP contribution in [0.25, 0.3) is 10.9 Å². The highest BCUT2D eigenvalue weighted by molar-refractivity contribution is 5.86. The Morgan fingerprint density at radius 2 is 2.17 bits per heavy atom. The lowest BCUT2D eigenvalue weighted by molar-refractivity contribution is -0.0880. The summed E-state index contributed by atoms with van der Waals surface area (Å²) in [5.74, 6) is 0. The highest BCUT2D eigenvalue weighted by Gasteiger charge is 2.50. The smallest absolute Gasteiger partial charge is 0.0847 e. The van der Waals surface area contributed by atoms with E-state index in [-0.39, 0.29) is 11.7 Å². The maximum Gasteiger partial charge on any atom is 0.0847 e. The van der Waals surface area contributed by atoms with E-state index < -0.39 is 0 Å². The van der Waals surface area contributed by atoms with Gasteiger partial charge in [0.25, 0.3) is 0 Å². The number of rotatable bonds is 3. The van der Waals surface area contributed by atoms with Crippen LogP contribution >= 0.6 is 0 Å². The molecule has 4 nitrogen and oxygen atoms in total. The molecule has 130 valence electrons. The van der Waals surface area contributed by atoms with Crippen LogP contribution in [0.2, 0.25) is 0 Å². The summed E-state index contributed by atoms with van der Waals surface area (Å²) in [6, 6.07) is 6.81. The average Bonchev–Trinajstić information content (AvgIpc) is 3.09. The second-order valence-electron chi connectivity index (χ2n) is 7.66. The van der Waals surface area contributed by atoms with Crippen LogP contribution in [0.15, 0.2) is 18.2 Å². The molecule has 0 unspecified atom stereocenters. The van der Waals surface area contributed by atoms with Gasteiger partial charge < -0.3 is 14.8 Å². The van der Waals surface area contributed by atoms with E-state index in [4.69, 9.17) is 4.74 Å². The Labute approximate surface area is 143 Å². The number of likely N-dealkylation sites (tertiary alicyclic amines) is 1. The molecular weight excluding hydrogens is 300 g/mol. The van der Waals surface area contributed by atoms with E-state index in [0.29, 0.717) is 6.04 Å². The first kappa shape index (κ1) is 16.1. The first-order valence-electron chi connectivity index (χ1n) is 9.08. The molecule has 1 saturated carbocycles. The molecule has 0 radical (unpaired) electrons. The molecule has 0 bridgehead atoms. The number of benzene rings is 1. The van der Waals surface area contributed by atoms with Gasteiger partial charge in [0, 0.05) is 42.8 Å². The lowest BCUT2D eigenvalue weighted by atomic mass is 9.79. The SMILES string of the molecule is CO[C@@]12CC[C@@H](O)C[C@@H]1N(Cc1[nH]c3c(C)cccc3c1C)CC2. The number of H-pyrrole nitrogens is 1. The van der Waals surface area contributed by atoms with Gasteiger partial charge >= 0.3 is 0 Å². The van der Waals surface area contributed by atoms with Crippen molar-refractivity contribution in [2.75, 3.05) is 13.7 Å². The molecule has 3 atom stereocenters. The van der Waals surface area contributed by atoms with Crippen molar-refractivity contribution in [1.82, 2.24) is 9.88 Å². The number of hydrogen-bond acceptors (Lipinski definition) is 3. The highest BCUT2D eigenvalue weighted by Crippen LogP contribution is 2.43. The van der Waals surface area contributed by atoms with E-state index in [1.165, 1.54) is 27.7 Å². The number of ether oxygens (including phenoxy) is 1. The van der Waals surface area contributed by atoms with Gasteiger partial charge in [-0.25, -0.2) is 0 Å². The van der Waals surface area contributed by atoms with Crippen LogP contribution < -0.4 is 0 Å². The monoisotopic (exact) mass is 328 g/mol.